The summed E-state index contributed by atoms with van der Waals surface area (Å²) in [5.74, 6) is 0.147. The van der Waals surface area contributed by atoms with Crippen molar-refractivity contribution in [1.82, 2.24) is 20.0 Å². The number of hydrogen-bond donors (Lipinski definition) is 1. The Morgan fingerprint density at radius 2 is 2.10 bits per heavy atom. The van der Waals surface area contributed by atoms with Crippen LogP contribution in [-0.2, 0) is 6.54 Å². The largest absolute Gasteiger partial charge is 0.444 e. The molecule has 0 aliphatic heterocycles. The number of nitrogens with zero attached hydrogens (tertiary/aromatic N) is 4. The van der Waals surface area contributed by atoms with Gasteiger partial charge in [0.1, 0.15) is 17.8 Å². The van der Waals surface area contributed by atoms with Crippen LogP contribution < -0.4 is 5.73 Å². The van der Waals surface area contributed by atoms with Gasteiger partial charge in [-0.2, -0.15) is 0 Å². The van der Waals surface area contributed by atoms with Gasteiger partial charge in [0, 0.05) is 11.6 Å². The van der Waals surface area contributed by atoms with E-state index in [2.05, 4.69) is 15.3 Å². The molecule has 0 radical (unpaired) electrons. The molecule has 0 saturated carbocycles. The van der Waals surface area contributed by atoms with Crippen LogP contribution in [0.15, 0.2) is 41.1 Å². The van der Waals surface area contributed by atoms with Crippen molar-refractivity contribution in [3.8, 4) is 11.5 Å². The molecule has 3 rings (SSSR count). The molecule has 108 valence electrons. The zero-order chi connectivity index (χ0) is 14.8. The van der Waals surface area contributed by atoms with Crippen molar-refractivity contribution in [2.75, 3.05) is 0 Å². The molecule has 21 heavy (non-hydrogen) atoms. The first-order valence-corrected chi connectivity index (χ1v) is 6.48. The van der Waals surface area contributed by atoms with Crippen molar-refractivity contribution in [2.24, 2.45) is 5.73 Å². The molecule has 1 atom stereocenters. The Kier molecular flexibility index (Phi) is 3.49. The number of rotatable bonds is 4. The van der Waals surface area contributed by atoms with Crippen LogP contribution in [0.5, 0.6) is 0 Å². The van der Waals surface area contributed by atoms with Crippen LogP contribution >= 0.6 is 0 Å². The number of benzene rings is 1. The van der Waals surface area contributed by atoms with E-state index in [0.717, 1.165) is 11.3 Å². The molecule has 2 aromatic heterocycles. The average Bonchev–Trinajstić information content (AvgIpc) is 3.10. The molecule has 0 aliphatic rings. The minimum Gasteiger partial charge on any atom is -0.444 e. The second kappa shape index (κ2) is 5.45. The Labute approximate surface area is 120 Å². The minimum absolute atomic E-state index is 0.161. The van der Waals surface area contributed by atoms with Crippen molar-refractivity contribution >= 4 is 0 Å². The third kappa shape index (κ3) is 2.97. The normalized spacial score (nSPS) is 12.5. The highest BCUT2D eigenvalue weighted by molar-refractivity contribution is 5.52. The third-order valence-electron chi connectivity index (χ3n) is 2.99. The molecular weight excluding hydrogens is 273 g/mol. The van der Waals surface area contributed by atoms with Gasteiger partial charge >= 0.3 is 0 Å². The summed E-state index contributed by atoms with van der Waals surface area (Å²) in [7, 11) is 0. The van der Waals surface area contributed by atoms with E-state index in [4.69, 9.17) is 10.2 Å². The van der Waals surface area contributed by atoms with Gasteiger partial charge < -0.3 is 10.2 Å². The Balaban J connectivity index is 1.76. The van der Waals surface area contributed by atoms with Crippen LogP contribution in [0.3, 0.4) is 0 Å². The second-order valence-corrected chi connectivity index (χ2v) is 4.78. The first-order valence-electron chi connectivity index (χ1n) is 6.48. The van der Waals surface area contributed by atoms with E-state index < -0.39 is 0 Å². The summed E-state index contributed by atoms with van der Waals surface area (Å²) in [4.78, 5) is 4.35. The van der Waals surface area contributed by atoms with Gasteiger partial charge in [0.2, 0.25) is 5.89 Å². The molecule has 6 nitrogen and oxygen atoms in total. The quantitative estimate of drug-likeness (QED) is 0.795. The molecular formula is C14H14FN5O. The maximum absolute atomic E-state index is 12.9. The Bertz CT molecular complexity index is 732. The lowest BCUT2D eigenvalue weighted by atomic mass is 10.2. The maximum Gasteiger partial charge on any atom is 0.226 e. The third-order valence-corrected chi connectivity index (χ3v) is 2.99. The van der Waals surface area contributed by atoms with Crippen molar-refractivity contribution in [3.63, 3.8) is 0 Å². The van der Waals surface area contributed by atoms with Crippen molar-refractivity contribution in [2.45, 2.75) is 19.5 Å². The van der Waals surface area contributed by atoms with Crippen molar-refractivity contribution in [3.05, 3.63) is 53.9 Å². The van der Waals surface area contributed by atoms with E-state index in [1.165, 1.54) is 12.1 Å². The maximum atomic E-state index is 12.9. The molecule has 0 saturated heterocycles. The summed E-state index contributed by atoms with van der Waals surface area (Å²) >= 11 is 0. The molecule has 0 fully saturated rings. The van der Waals surface area contributed by atoms with Gasteiger partial charge in [0.05, 0.1) is 18.4 Å². The van der Waals surface area contributed by atoms with E-state index in [1.807, 2.05) is 6.92 Å². The molecule has 0 aliphatic carbocycles. The zero-order valence-electron chi connectivity index (χ0n) is 11.4. The number of aromatic nitrogens is 4. The van der Waals surface area contributed by atoms with Gasteiger partial charge in [-0.3, -0.25) is 0 Å². The van der Waals surface area contributed by atoms with Gasteiger partial charge in [-0.15, -0.1) is 5.10 Å². The summed E-state index contributed by atoms with van der Waals surface area (Å²) < 4.78 is 19.9. The van der Waals surface area contributed by atoms with Crippen LogP contribution in [0, 0.1) is 5.82 Å². The molecule has 2 heterocycles. The molecule has 2 N–H and O–H groups in total. The minimum atomic E-state index is -0.295. The van der Waals surface area contributed by atoms with Gasteiger partial charge in [-0.1, -0.05) is 5.21 Å². The van der Waals surface area contributed by atoms with Gasteiger partial charge in [0.25, 0.3) is 0 Å². The van der Waals surface area contributed by atoms with E-state index in [0.29, 0.717) is 18.1 Å². The highest BCUT2D eigenvalue weighted by atomic mass is 19.1. The summed E-state index contributed by atoms with van der Waals surface area (Å²) in [6, 6.07) is 5.81. The lowest BCUT2D eigenvalue weighted by molar-refractivity contribution is 0.567. The molecule has 0 amide bonds. The van der Waals surface area contributed by atoms with Crippen LogP contribution in [0.1, 0.15) is 24.4 Å². The number of halogens is 1. The molecule has 1 unspecified atom stereocenters. The van der Waals surface area contributed by atoms with Crippen LogP contribution in [0.4, 0.5) is 4.39 Å². The SMILES string of the molecule is CC(N)c1cn(Cc2coc(-c3ccc(F)cc3)n2)nn1. The zero-order valence-corrected chi connectivity index (χ0v) is 11.4. The Morgan fingerprint density at radius 3 is 2.76 bits per heavy atom. The number of nitrogens with two attached hydrogens (primary N) is 1. The first kappa shape index (κ1) is 13.4. The highest BCUT2D eigenvalue weighted by Gasteiger charge is 2.10. The summed E-state index contributed by atoms with van der Waals surface area (Å²) in [5.41, 5.74) is 7.88. The van der Waals surface area contributed by atoms with Crippen LogP contribution in [0.2, 0.25) is 0 Å². The van der Waals surface area contributed by atoms with Crippen molar-refractivity contribution in [1.29, 1.82) is 0 Å². The highest BCUT2D eigenvalue weighted by Crippen LogP contribution is 2.19. The summed E-state index contributed by atoms with van der Waals surface area (Å²) in [5, 5.41) is 7.96. The fourth-order valence-electron chi connectivity index (χ4n) is 1.87. The molecule has 3 aromatic rings. The molecule has 1 aromatic carbocycles. The predicted octanol–water partition coefficient (Wildman–Crippen LogP) is 2.14. The standard InChI is InChI=1S/C14H14FN5O/c1-9(16)13-7-20(19-18-13)6-12-8-21-14(17-12)10-2-4-11(15)5-3-10/h2-5,7-9H,6,16H2,1H3. The molecule has 7 heteroatoms. The fourth-order valence-corrected chi connectivity index (χ4v) is 1.87. The summed E-state index contributed by atoms with van der Waals surface area (Å²) in [6.07, 6.45) is 3.32. The van der Waals surface area contributed by atoms with Gasteiger partial charge in [-0.25, -0.2) is 14.1 Å². The Hall–Kier alpha value is -2.54. The predicted molar refractivity (Wildman–Crippen MR) is 73.6 cm³/mol. The van der Waals surface area contributed by atoms with E-state index in [9.17, 15) is 4.39 Å². The lowest BCUT2D eigenvalue weighted by Crippen LogP contribution is -2.05. The number of oxazole rings is 1. The first-order chi connectivity index (χ1) is 10.1. The Morgan fingerprint density at radius 1 is 1.33 bits per heavy atom. The monoisotopic (exact) mass is 287 g/mol. The fraction of sp³-hybridized carbons (Fsp3) is 0.214. The molecule has 0 bridgehead atoms. The van der Waals surface area contributed by atoms with E-state index in [1.54, 1.807) is 29.3 Å². The molecule has 0 spiro atoms. The van der Waals surface area contributed by atoms with Crippen LogP contribution in [0.25, 0.3) is 11.5 Å². The van der Waals surface area contributed by atoms with Gasteiger partial charge in [0.15, 0.2) is 0 Å². The van der Waals surface area contributed by atoms with Gasteiger partial charge in [-0.05, 0) is 31.2 Å². The lowest BCUT2D eigenvalue weighted by Gasteiger charge is -1.97. The smallest absolute Gasteiger partial charge is 0.226 e. The van der Waals surface area contributed by atoms with E-state index >= 15 is 0 Å². The second-order valence-electron chi connectivity index (χ2n) is 4.78. The van der Waals surface area contributed by atoms with Crippen molar-refractivity contribution < 1.29 is 8.81 Å². The van der Waals surface area contributed by atoms with E-state index in [-0.39, 0.29) is 11.9 Å². The average molecular weight is 287 g/mol. The topological polar surface area (TPSA) is 82.8 Å². The van der Waals surface area contributed by atoms with Crippen LogP contribution in [-0.4, -0.2) is 20.0 Å². The summed E-state index contributed by atoms with van der Waals surface area (Å²) in [6.45, 7) is 2.28. The number of hydrogen-bond acceptors (Lipinski definition) is 5.